The van der Waals surface area contributed by atoms with Crippen molar-refractivity contribution in [1.29, 1.82) is 0 Å². The van der Waals surface area contributed by atoms with Crippen LogP contribution in [0.2, 0.25) is 0 Å². The number of hydrogen-bond donors (Lipinski definition) is 2. The van der Waals surface area contributed by atoms with Gasteiger partial charge >= 0.3 is 0 Å². The number of aromatic amines is 1. The molecule has 176 valence electrons. The molecule has 0 bridgehead atoms. The van der Waals surface area contributed by atoms with Crippen molar-refractivity contribution in [3.05, 3.63) is 76.6 Å². The van der Waals surface area contributed by atoms with Crippen molar-refractivity contribution in [2.24, 2.45) is 0 Å². The van der Waals surface area contributed by atoms with E-state index in [0.29, 0.717) is 12.6 Å². The lowest BCUT2D eigenvalue weighted by Crippen LogP contribution is -2.43. The Labute approximate surface area is 195 Å². The maximum atomic E-state index is 11.5. The van der Waals surface area contributed by atoms with Gasteiger partial charge in [0.25, 0.3) is 0 Å². The highest BCUT2D eigenvalue weighted by molar-refractivity contribution is 5.79. The molecule has 1 fully saturated rings. The van der Waals surface area contributed by atoms with Crippen LogP contribution in [-0.4, -0.2) is 64.8 Å². The van der Waals surface area contributed by atoms with Crippen molar-refractivity contribution in [3.63, 3.8) is 0 Å². The first-order chi connectivity index (χ1) is 16.1. The highest BCUT2D eigenvalue weighted by Gasteiger charge is 2.20. The number of nitrogens with zero attached hydrogens (tertiary/aromatic N) is 2. The summed E-state index contributed by atoms with van der Waals surface area (Å²) in [5, 5.41) is 10.8. The topological polar surface area (TPSA) is 68.8 Å². The van der Waals surface area contributed by atoms with Crippen LogP contribution in [0.3, 0.4) is 0 Å². The first kappa shape index (κ1) is 23.5. The summed E-state index contributed by atoms with van der Waals surface area (Å²) in [5.41, 5.74) is 2.05. The predicted octanol–water partition coefficient (Wildman–Crippen LogP) is 3.64. The molecule has 0 amide bonds. The zero-order valence-electron chi connectivity index (χ0n) is 19.5. The first-order valence-corrected chi connectivity index (χ1v) is 12.0. The van der Waals surface area contributed by atoms with Crippen LogP contribution in [-0.2, 0) is 6.54 Å². The number of hydrogen-bond acceptors (Lipinski definition) is 5. The van der Waals surface area contributed by atoms with Gasteiger partial charge in [-0.2, -0.15) is 0 Å². The first-order valence-electron chi connectivity index (χ1n) is 12.0. The second kappa shape index (κ2) is 11.5. The van der Waals surface area contributed by atoms with Gasteiger partial charge in [0.15, 0.2) is 0 Å². The average Bonchev–Trinajstić information content (AvgIpc) is 2.83. The highest BCUT2D eigenvalue weighted by Crippen LogP contribution is 2.19. The van der Waals surface area contributed by atoms with E-state index in [4.69, 9.17) is 4.74 Å². The minimum Gasteiger partial charge on any atom is -0.494 e. The molecule has 3 aromatic rings. The van der Waals surface area contributed by atoms with Gasteiger partial charge in [0.2, 0.25) is 5.56 Å². The minimum atomic E-state index is -0.131. The average molecular weight is 450 g/mol. The number of pyridine rings is 1. The molecular formula is C27H35N3O3. The van der Waals surface area contributed by atoms with Gasteiger partial charge in [-0.15, -0.1) is 0 Å². The SMILES string of the molecule is CC(CCOc1ccc2[nH]c(=O)ccc2c1)N(CCN1CCC(O)CC1)Cc1ccccc1. The van der Waals surface area contributed by atoms with E-state index in [0.717, 1.165) is 68.6 Å². The third kappa shape index (κ3) is 6.90. The Kier molecular flexibility index (Phi) is 8.15. The predicted molar refractivity (Wildman–Crippen MR) is 133 cm³/mol. The summed E-state index contributed by atoms with van der Waals surface area (Å²) in [6.45, 7) is 7.80. The van der Waals surface area contributed by atoms with Crippen molar-refractivity contribution in [2.45, 2.75) is 44.9 Å². The number of ether oxygens (including phenoxy) is 1. The van der Waals surface area contributed by atoms with Crippen LogP contribution >= 0.6 is 0 Å². The Bertz CT molecular complexity index is 1060. The lowest BCUT2D eigenvalue weighted by Gasteiger charge is -2.34. The number of piperidine rings is 1. The summed E-state index contributed by atoms with van der Waals surface area (Å²) in [5.74, 6) is 0.822. The molecule has 1 atom stereocenters. The van der Waals surface area contributed by atoms with Crippen molar-refractivity contribution >= 4 is 10.9 Å². The van der Waals surface area contributed by atoms with Crippen LogP contribution in [0.25, 0.3) is 10.9 Å². The monoisotopic (exact) mass is 449 g/mol. The number of likely N-dealkylation sites (tertiary alicyclic amines) is 1. The van der Waals surface area contributed by atoms with Crippen molar-refractivity contribution in [3.8, 4) is 5.75 Å². The molecule has 33 heavy (non-hydrogen) atoms. The molecule has 0 spiro atoms. The van der Waals surface area contributed by atoms with Crippen molar-refractivity contribution in [1.82, 2.24) is 14.8 Å². The normalized spacial score (nSPS) is 16.3. The maximum absolute atomic E-state index is 11.5. The van der Waals surface area contributed by atoms with Gasteiger partial charge < -0.3 is 19.7 Å². The maximum Gasteiger partial charge on any atom is 0.248 e. The lowest BCUT2D eigenvalue weighted by atomic mass is 10.1. The Morgan fingerprint density at radius 1 is 1.12 bits per heavy atom. The fraction of sp³-hybridized carbons (Fsp3) is 0.444. The van der Waals surface area contributed by atoms with E-state index in [1.54, 1.807) is 6.07 Å². The van der Waals surface area contributed by atoms with Gasteiger partial charge in [-0.05, 0) is 56.0 Å². The second-order valence-electron chi connectivity index (χ2n) is 9.09. The molecule has 1 aliphatic rings. The van der Waals surface area contributed by atoms with Gasteiger partial charge in [0.05, 0.1) is 12.7 Å². The molecule has 4 rings (SSSR count). The van der Waals surface area contributed by atoms with E-state index in [-0.39, 0.29) is 11.7 Å². The largest absolute Gasteiger partial charge is 0.494 e. The molecule has 0 radical (unpaired) electrons. The second-order valence-corrected chi connectivity index (χ2v) is 9.09. The van der Waals surface area contributed by atoms with E-state index in [9.17, 15) is 9.90 Å². The highest BCUT2D eigenvalue weighted by atomic mass is 16.5. The molecular weight excluding hydrogens is 414 g/mol. The smallest absolute Gasteiger partial charge is 0.248 e. The van der Waals surface area contributed by atoms with E-state index in [2.05, 4.69) is 52.0 Å². The van der Waals surface area contributed by atoms with E-state index in [1.165, 1.54) is 5.56 Å². The number of aromatic nitrogens is 1. The van der Waals surface area contributed by atoms with Gasteiger partial charge in [-0.1, -0.05) is 30.3 Å². The van der Waals surface area contributed by atoms with E-state index in [1.807, 2.05) is 24.3 Å². The van der Waals surface area contributed by atoms with Gasteiger partial charge in [0, 0.05) is 55.7 Å². The van der Waals surface area contributed by atoms with E-state index >= 15 is 0 Å². The quantitative estimate of drug-likeness (QED) is 0.495. The Morgan fingerprint density at radius 2 is 1.91 bits per heavy atom. The Hall–Kier alpha value is -2.67. The van der Waals surface area contributed by atoms with E-state index < -0.39 is 0 Å². The van der Waals surface area contributed by atoms with Crippen molar-refractivity contribution in [2.75, 3.05) is 32.8 Å². The molecule has 1 unspecified atom stereocenters. The fourth-order valence-electron chi connectivity index (χ4n) is 4.44. The Morgan fingerprint density at radius 3 is 2.70 bits per heavy atom. The molecule has 2 N–H and O–H groups in total. The minimum absolute atomic E-state index is 0.0933. The number of aliphatic hydroxyl groups is 1. The van der Waals surface area contributed by atoms with Crippen LogP contribution in [0, 0.1) is 0 Å². The third-order valence-electron chi connectivity index (χ3n) is 6.61. The lowest BCUT2D eigenvalue weighted by molar-refractivity contribution is 0.0704. The zero-order chi connectivity index (χ0) is 23.0. The van der Waals surface area contributed by atoms with Crippen LogP contribution in [0.4, 0.5) is 0 Å². The molecule has 6 nitrogen and oxygen atoms in total. The molecule has 0 saturated carbocycles. The summed E-state index contributed by atoms with van der Waals surface area (Å²) in [6.07, 6.45) is 2.55. The van der Waals surface area contributed by atoms with Crippen LogP contribution in [0.5, 0.6) is 5.75 Å². The van der Waals surface area contributed by atoms with Gasteiger partial charge in [0.1, 0.15) is 5.75 Å². The van der Waals surface area contributed by atoms with Crippen molar-refractivity contribution < 1.29 is 9.84 Å². The molecule has 0 aliphatic carbocycles. The molecule has 6 heteroatoms. The van der Waals surface area contributed by atoms with Crippen LogP contribution in [0.15, 0.2) is 65.5 Å². The van der Waals surface area contributed by atoms with Crippen LogP contribution in [0.1, 0.15) is 31.7 Å². The molecule has 2 heterocycles. The fourth-order valence-corrected chi connectivity index (χ4v) is 4.44. The number of benzene rings is 2. The number of fused-ring (bicyclic) bond motifs is 1. The zero-order valence-corrected chi connectivity index (χ0v) is 19.5. The summed E-state index contributed by atoms with van der Waals surface area (Å²) >= 11 is 0. The molecule has 2 aromatic carbocycles. The summed E-state index contributed by atoms with van der Waals surface area (Å²) in [6, 6.07) is 20.1. The summed E-state index contributed by atoms with van der Waals surface area (Å²) in [7, 11) is 0. The molecule has 1 aliphatic heterocycles. The molecule has 1 aromatic heterocycles. The van der Waals surface area contributed by atoms with Crippen LogP contribution < -0.4 is 10.3 Å². The summed E-state index contributed by atoms with van der Waals surface area (Å²) < 4.78 is 6.06. The number of H-pyrrole nitrogens is 1. The Balaban J connectivity index is 1.33. The molecule has 1 saturated heterocycles. The number of rotatable bonds is 10. The number of nitrogens with one attached hydrogen (secondary N) is 1. The summed E-state index contributed by atoms with van der Waals surface area (Å²) in [4.78, 5) is 19.3. The number of aliphatic hydroxyl groups excluding tert-OH is 1. The van der Waals surface area contributed by atoms with Gasteiger partial charge in [-0.3, -0.25) is 9.69 Å². The van der Waals surface area contributed by atoms with Gasteiger partial charge in [-0.25, -0.2) is 0 Å². The third-order valence-corrected chi connectivity index (χ3v) is 6.61. The standard InChI is InChI=1S/C27H35N3O3/c1-21(13-18-33-25-8-9-26-23(19-25)7-10-27(32)28-26)30(20-22-5-3-2-4-6-22)17-16-29-14-11-24(31)12-15-29/h2-10,19,21,24,31H,11-18,20H2,1H3,(H,28,32).